The monoisotopic (exact) mass is 375 g/mol. The molecule has 5 nitrogen and oxygen atoms in total. The molecule has 5 heteroatoms. The molecule has 152 valence electrons. The Hall–Kier alpha value is -1.36. The van der Waals surface area contributed by atoms with E-state index in [0.29, 0.717) is 24.8 Å². The van der Waals surface area contributed by atoms with E-state index in [4.69, 9.17) is 0 Å². The van der Waals surface area contributed by atoms with E-state index in [2.05, 4.69) is 31.0 Å². The molecule has 1 aliphatic carbocycles. The maximum Gasteiger partial charge on any atom is 0.227 e. The first kappa shape index (κ1) is 20.4. The number of carbonyl (C=O) groups excluding carboxylic acids is 2. The van der Waals surface area contributed by atoms with E-state index in [1.165, 1.54) is 25.7 Å². The van der Waals surface area contributed by atoms with Gasteiger partial charge in [0.15, 0.2) is 0 Å². The van der Waals surface area contributed by atoms with Gasteiger partial charge < -0.3 is 15.1 Å². The van der Waals surface area contributed by atoms with Crippen molar-refractivity contribution >= 4 is 11.8 Å². The minimum absolute atomic E-state index is 0.0231. The van der Waals surface area contributed by atoms with E-state index in [9.17, 15) is 9.59 Å². The third kappa shape index (κ3) is 5.13. The zero-order valence-electron chi connectivity index (χ0n) is 17.5. The SMILES string of the molecule is CC1=C(CCN2CCCN(C(=O)C3CCC(=O)NC3)CC2)C(C)(C)CCC1. The van der Waals surface area contributed by atoms with Crippen molar-refractivity contribution in [3.63, 3.8) is 0 Å². The predicted octanol–water partition coefficient (Wildman–Crippen LogP) is 2.96. The van der Waals surface area contributed by atoms with Crippen molar-refractivity contribution < 1.29 is 9.59 Å². The molecule has 1 unspecified atom stereocenters. The van der Waals surface area contributed by atoms with Gasteiger partial charge in [-0.3, -0.25) is 9.59 Å². The van der Waals surface area contributed by atoms with E-state index < -0.39 is 0 Å². The topological polar surface area (TPSA) is 52.7 Å². The minimum atomic E-state index is -0.0231. The Morgan fingerprint density at radius 1 is 1.15 bits per heavy atom. The lowest BCUT2D eigenvalue weighted by atomic mass is 9.71. The number of allylic oxidation sites excluding steroid dienone is 1. The van der Waals surface area contributed by atoms with Crippen LogP contribution in [0.2, 0.25) is 0 Å². The Morgan fingerprint density at radius 3 is 2.67 bits per heavy atom. The van der Waals surface area contributed by atoms with E-state index in [1.54, 1.807) is 11.1 Å². The molecule has 2 amide bonds. The van der Waals surface area contributed by atoms with Gasteiger partial charge in [-0.1, -0.05) is 25.0 Å². The van der Waals surface area contributed by atoms with Gasteiger partial charge in [-0.2, -0.15) is 0 Å². The van der Waals surface area contributed by atoms with Crippen LogP contribution >= 0.6 is 0 Å². The van der Waals surface area contributed by atoms with Gasteiger partial charge in [-0.15, -0.1) is 0 Å². The van der Waals surface area contributed by atoms with Crippen molar-refractivity contribution in [1.82, 2.24) is 15.1 Å². The molecule has 0 aromatic heterocycles. The lowest BCUT2D eigenvalue weighted by Gasteiger charge is -2.36. The maximum absolute atomic E-state index is 12.8. The molecule has 0 saturated carbocycles. The molecule has 0 spiro atoms. The van der Waals surface area contributed by atoms with Gasteiger partial charge in [0.05, 0.1) is 5.92 Å². The van der Waals surface area contributed by atoms with Gasteiger partial charge in [0.1, 0.15) is 0 Å². The summed E-state index contributed by atoms with van der Waals surface area (Å²) in [4.78, 5) is 28.7. The van der Waals surface area contributed by atoms with Crippen LogP contribution in [0.15, 0.2) is 11.1 Å². The Kier molecular flexibility index (Phi) is 6.61. The second kappa shape index (κ2) is 8.76. The molecule has 1 N–H and O–H groups in total. The smallest absolute Gasteiger partial charge is 0.227 e. The Morgan fingerprint density at radius 2 is 1.96 bits per heavy atom. The average molecular weight is 376 g/mol. The third-order valence-electron chi connectivity index (χ3n) is 6.88. The van der Waals surface area contributed by atoms with E-state index in [0.717, 1.165) is 39.1 Å². The van der Waals surface area contributed by atoms with E-state index in [-0.39, 0.29) is 17.7 Å². The van der Waals surface area contributed by atoms with Crippen molar-refractivity contribution in [2.24, 2.45) is 11.3 Å². The molecule has 2 heterocycles. The van der Waals surface area contributed by atoms with Crippen molar-refractivity contribution in [2.45, 2.75) is 65.7 Å². The number of amides is 2. The van der Waals surface area contributed by atoms with Gasteiger partial charge in [-0.25, -0.2) is 0 Å². The van der Waals surface area contributed by atoms with Crippen LogP contribution in [0.3, 0.4) is 0 Å². The quantitative estimate of drug-likeness (QED) is 0.769. The number of nitrogens with one attached hydrogen (secondary N) is 1. The summed E-state index contributed by atoms with van der Waals surface area (Å²) in [5, 5.41) is 2.84. The fraction of sp³-hybridized carbons (Fsp3) is 0.818. The second-order valence-corrected chi connectivity index (χ2v) is 9.31. The number of rotatable bonds is 4. The molecule has 2 saturated heterocycles. The molecule has 27 heavy (non-hydrogen) atoms. The molecular formula is C22H37N3O2. The fourth-order valence-electron chi connectivity index (χ4n) is 5.11. The summed E-state index contributed by atoms with van der Waals surface area (Å²) in [5.41, 5.74) is 3.63. The predicted molar refractivity (Wildman–Crippen MR) is 108 cm³/mol. The molecule has 3 aliphatic rings. The molecule has 0 bridgehead atoms. The highest BCUT2D eigenvalue weighted by Gasteiger charge is 2.31. The Labute approximate surface area is 164 Å². The zero-order chi connectivity index (χ0) is 19.4. The van der Waals surface area contributed by atoms with Crippen LogP contribution in [0.4, 0.5) is 0 Å². The first-order valence-corrected chi connectivity index (χ1v) is 10.8. The Bertz CT molecular complexity index is 586. The van der Waals surface area contributed by atoms with Gasteiger partial charge in [0, 0.05) is 39.1 Å². The number of hydrogen-bond donors (Lipinski definition) is 1. The maximum atomic E-state index is 12.8. The highest BCUT2D eigenvalue weighted by molar-refractivity contribution is 5.83. The summed E-state index contributed by atoms with van der Waals surface area (Å²) in [7, 11) is 0. The second-order valence-electron chi connectivity index (χ2n) is 9.31. The highest BCUT2D eigenvalue weighted by atomic mass is 16.2. The van der Waals surface area contributed by atoms with E-state index >= 15 is 0 Å². The summed E-state index contributed by atoms with van der Waals surface area (Å²) >= 11 is 0. The first-order valence-electron chi connectivity index (χ1n) is 10.8. The van der Waals surface area contributed by atoms with Crippen LogP contribution in [0.25, 0.3) is 0 Å². The lowest BCUT2D eigenvalue weighted by Crippen LogP contribution is -2.46. The Balaban J connectivity index is 1.50. The van der Waals surface area contributed by atoms with Crippen molar-refractivity contribution in [2.75, 3.05) is 39.3 Å². The average Bonchev–Trinajstić information content (AvgIpc) is 2.86. The van der Waals surface area contributed by atoms with Crippen molar-refractivity contribution in [3.8, 4) is 0 Å². The largest absolute Gasteiger partial charge is 0.355 e. The van der Waals surface area contributed by atoms with Crippen LogP contribution in [0.5, 0.6) is 0 Å². The lowest BCUT2D eigenvalue weighted by molar-refractivity contribution is -0.137. The molecule has 0 aromatic carbocycles. The van der Waals surface area contributed by atoms with Crippen LogP contribution in [-0.4, -0.2) is 60.9 Å². The van der Waals surface area contributed by atoms with Gasteiger partial charge in [0.25, 0.3) is 0 Å². The number of carbonyl (C=O) groups is 2. The number of nitrogens with zero attached hydrogens (tertiary/aromatic N) is 2. The van der Waals surface area contributed by atoms with Crippen LogP contribution in [0.1, 0.15) is 65.7 Å². The molecular weight excluding hydrogens is 338 g/mol. The summed E-state index contributed by atoms with van der Waals surface area (Å²) in [5.74, 6) is 0.297. The summed E-state index contributed by atoms with van der Waals surface area (Å²) in [6.07, 6.45) is 7.30. The summed E-state index contributed by atoms with van der Waals surface area (Å²) in [6.45, 7) is 12.5. The first-order chi connectivity index (χ1) is 12.9. The summed E-state index contributed by atoms with van der Waals surface area (Å²) < 4.78 is 0. The van der Waals surface area contributed by atoms with Crippen LogP contribution in [-0.2, 0) is 9.59 Å². The molecule has 1 atom stereocenters. The van der Waals surface area contributed by atoms with Gasteiger partial charge in [0.2, 0.25) is 11.8 Å². The fourth-order valence-corrected chi connectivity index (χ4v) is 5.11. The van der Waals surface area contributed by atoms with Crippen LogP contribution < -0.4 is 5.32 Å². The third-order valence-corrected chi connectivity index (χ3v) is 6.88. The summed E-state index contributed by atoms with van der Waals surface area (Å²) in [6, 6.07) is 0. The van der Waals surface area contributed by atoms with E-state index in [1.807, 2.05) is 4.90 Å². The number of piperidine rings is 1. The van der Waals surface area contributed by atoms with Crippen LogP contribution in [0, 0.1) is 11.3 Å². The highest BCUT2D eigenvalue weighted by Crippen LogP contribution is 2.41. The van der Waals surface area contributed by atoms with Crippen molar-refractivity contribution in [1.29, 1.82) is 0 Å². The molecule has 0 aromatic rings. The van der Waals surface area contributed by atoms with Gasteiger partial charge in [-0.05, 0) is 57.4 Å². The molecule has 3 rings (SSSR count). The van der Waals surface area contributed by atoms with Crippen molar-refractivity contribution in [3.05, 3.63) is 11.1 Å². The molecule has 2 aliphatic heterocycles. The number of hydrogen-bond acceptors (Lipinski definition) is 3. The minimum Gasteiger partial charge on any atom is -0.355 e. The normalized spacial score (nSPS) is 27.3. The molecule has 0 radical (unpaired) electrons. The standard InChI is InChI=1S/C22H37N3O2/c1-17-6-4-10-22(2,3)19(17)9-13-24-11-5-12-25(15-14-24)21(27)18-7-8-20(26)23-16-18/h18H,4-16H2,1-3H3,(H,23,26). The molecule has 2 fully saturated rings. The zero-order valence-corrected chi connectivity index (χ0v) is 17.5. The van der Waals surface area contributed by atoms with Gasteiger partial charge >= 0.3 is 0 Å².